The van der Waals surface area contributed by atoms with Gasteiger partial charge in [-0.05, 0) is 25.0 Å². The number of para-hydroxylation sites is 1. The fraction of sp³-hybridized carbons (Fsp3) is 0.312. The summed E-state index contributed by atoms with van der Waals surface area (Å²) in [5.41, 5.74) is 6.41. The number of rotatable bonds is 4. The predicted molar refractivity (Wildman–Crippen MR) is 77.8 cm³/mol. The number of nitrogens with zero attached hydrogens (tertiary/aromatic N) is 1. The number of terminal acetylenes is 1. The van der Waals surface area contributed by atoms with Gasteiger partial charge in [0.15, 0.2) is 0 Å². The summed E-state index contributed by atoms with van der Waals surface area (Å²) in [6.07, 6.45) is 9.30. The molecule has 98 valence electrons. The van der Waals surface area contributed by atoms with E-state index in [1.54, 1.807) is 6.07 Å². The maximum absolute atomic E-state index is 11.6. The largest absolute Gasteiger partial charge is 0.366 e. The number of primary amides is 1. The Morgan fingerprint density at radius 1 is 1.37 bits per heavy atom. The van der Waals surface area contributed by atoms with E-state index in [0.717, 1.165) is 23.7 Å². The molecule has 1 aromatic carbocycles. The average Bonchev–Trinajstić information content (AvgIpc) is 2.86. The topological polar surface area (TPSA) is 48.0 Å². The molecule has 0 bridgehead atoms. The van der Waals surface area contributed by atoms with E-state index in [0.29, 0.717) is 5.56 Å². The Bertz CT molecular complexity index is 657. The molecule has 1 amide bonds. The maximum atomic E-state index is 11.6. The first-order valence-electron chi connectivity index (χ1n) is 6.47. The van der Waals surface area contributed by atoms with E-state index in [-0.39, 0.29) is 0 Å². The van der Waals surface area contributed by atoms with E-state index in [9.17, 15) is 4.79 Å². The number of benzene rings is 1. The predicted octanol–water partition coefficient (Wildman–Crippen LogP) is 2.89. The summed E-state index contributed by atoms with van der Waals surface area (Å²) >= 11 is 0. The molecular formula is C16H18N2O. The molecule has 0 aliphatic carbocycles. The second-order valence-corrected chi connectivity index (χ2v) is 4.68. The highest BCUT2D eigenvalue weighted by molar-refractivity contribution is 6.05. The van der Waals surface area contributed by atoms with Gasteiger partial charge in [0.1, 0.15) is 5.54 Å². The lowest BCUT2D eigenvalue weighted by atomic mass is 9.93. The lowest BCUT2D eigenvalue weighted by Gasteiger charge is -2.29. The Morgan fingerprint density at radius 2 is 2.05 bits per heavy atom. The van der Waals surface area contributed by atoms with Crippen molar-refractivity contribution >= 4 is 16.8 Å². The SMILES string of the molecule is C#CC(CC)(CC)n1ccc2cccc(C(N)=O)c21. The summed E-state index contributed by atoms with van der Waals surface area (Å²) in [4.78, 5) is 11.6. The van der Waals surface area contributed by atoms with Crippen molar-refractivity contribution < 1.29 is 4.79 Å². The zero-order chi connectivity index (χ0) is 14.0. The number of fused-ring (bicyclic) bond motifs is 1. The quantitative estimate of drug-likeness (QED) is 0.838. The fourth-order valence-electron chi connectivity index (χ4n) is 2.61. The highest BCUT2D eigenvalue weighted by Crippen LogP contribution is 2.31. The molecule has 2 rings (SSSR count). The molecule has 0 aliphatic heterocycles. The molecule has 0 radical (unpaired) electrons. The normalized spacial score (nSPS) is 11.4. The Labute approximate surface area is 113 Å². The number of nitrogens with two attached hydrogens (primary N) is 1. The number of aromatic nitrogens is 1. The number of hydrogen-bond donors (Lipinski definition) is 1. The third-order valence-corrected chi connectivity index (χ3v) is 3.88. The van der Waals surface area contributed by atoms with Crippen molar-refractivity contribution in [3.8, 4) is 12.3 Å². The Morgan fingerprint density at radius 3 is 2.58 bits per heavy atom. The van der Waals surface area contributed by atoms with Gasteiger partial charge in [-0.1, -0.05) is 31.9 Å². The number of amides is 1. The van der Waals surface area contributed by atoms with Gasteiger partial charge in [0.2, 0.25) is 0 Å². The molecule has 0 saturated carbocycles. The van der Waals surface area contributed by atoms with Gasteiger partial charge < -0.3 is 10.3 Å². The molecule has 0 unspecified atom stereocenters. The highest BCUT2D eigenvalue weighted by atomic mass is 16.1. The van der Waals surface area contributed by atoms with E-state index in [2.05, 4.69) is 19.8 Å². The standard InChI is InChI=1S/C16H18N2O/c1-4-16(5-2,6-3)18-11-10-12-8-7-9-13(14(12)18)15(17)19/h1,7-11H,5-6H2,2-3H3,(H2,17,19). The zero-order valence-corrected chi connectivity index (χ0v) is 11.3. The van der Waals surface area contributed by atoms with Gasteiger partial charge in [0.05, 0.1) is 11.1 Å². The first kappa shape index (κ1) is 13.2. The van der Waals surface area contributed by atoms with Crippen LogP contribution in [0.4, 0.5) is 0 Å². The molecule has 2 aromatic rings. The minimum absolute atomic E-state index is 0.409. The third kappa shape index (κ3) is 1.90. The Kier molecular flexibility index (Phi) is 3.35. The van der Waals surface area contributed by atoms with Crippen LogP contribution >= 0.6 is 0 Å². The van der Waals surface area contributed by atoms with E-state index >= 15 is 0 Å². The minimum Gasteiger partial charge on any atom is -0.366 e. The lowest BCUT2D eigenvalue weighted by molar-refractivity contribution is 0.100. The summed E-state index contributed by atoms with van der Waals surface area (Å²) in [5.74, 6) is 2.46. The van der Waals surface area contributed by atoms with Crippen molar-refractivity contribution in [1.82, 2.24) is 4.57 Å². The van der Waals surface area contributed by atoms with Crippen LogP contribution in [0.5, 0.6) is 0 Å². The maximum Gasteiger partial charge on any atom is 0.250 e. The molecule has 1 aromatic heterocycles. The molecule has 0 fully saturated rings. The molecule has 1 heterocycles. The molecular weight excluding hydrogens is 236 g/mol. The van der Waals surface area contributed by atoms with Gasteiger partial charge in [-0.2, -0.15) is 0 Å². The number of carbonyl (C=O) groups excluding carboxylic acids is 1. The van der Waals surface area contributed by atoms with Gasteiger partial charge in [0, 0.05) is 11.6 Å². The fourth-order valence-corrected chi connectivity index (χ4v) is 2.61. The molecule has 19 heavy (non-hydrogen) atoms. The Hall–Kier alpha value is -2.21. The van der Waals surface area contributed by atoms with Crippen molar-refractivity contribution in [2.24, 2.45) is 5.73 Å². The summed E-state index contributed by atoms with van der Waals surface area (Å²) in [7, 11) is 0. The first-order chi connectivity index (χ1) is 9.09. The van der Waals surface area contributed by atoms with Gasteiger partial charge in [0.25, 0.3) is 5.91 Å². The highest BCUT2D eigenvalue weighted by Gasteiger charge is 2.27. The van der Waals surface area contributed by atoms with Crippen LogP contribution in [0, 0.1) is 12.3 Å². The summed E-state index contributed by atoms with van der Waals surface area (Å²) in [6, 6.07) is 7.51. The lowest BCUT2D eigenvalue weighted by Crippen LogP contribution is -2.30. The van der Waals surface area contributed by atoms with Gasteiger partial charge in [-0.15, -0.1) is 6.42 Å². The average molecular weight is 254 g/mol. The van der Waals surface area contributed by atoms with Gasteiger partial charge >= 0.3 is 0 Å². The van der Waals surface area contributed by atoms with Crippen molar-refractivity contribution in [2.75, 3.05) is 0 Å². The van der Waals surface area contributed by atoms with Crippen molar-refractivity contribution in [1.29, 1.82) is 0 Å². The van der Waals surface area contributed by atoms with Crippen LogP contribution in [0.1, 0.15) is 37.0 Å². The third-order valence-electron chi connectivity index (χ3n) is 3.88. The van der Waals surface area contributed by atoms with Crippen LogP contribution in [0.2, 0.25) is 0 Å². The van der Waals surface area contributed by atoms with Crippen LogP contribution < -0.4 is 5.73 Å². The van der Waals surface area contributed by atoms with Gasteiger partial charge in [-0.3, -0.25) is 4.79 Å². The van der Waals surface area contributed by atoms with Crippen LogP contribution in [0.25, 0.3) is 10.9 Å². The Balaban J connectivity index is 2.82. The second-order valence-electron chi connectivity index (χ2n) is 4.68. The zero-order valence-electron chi connectivity index (χ0n) is 11.3. The molecule has 3 nitrogen and oxygen atoms in total. The molecule has 0 atom stereocenters. The smallest absolute Gasteiger partial charge is 0.250 e. The van der Waals surface area contributed by atoms with Crippen LogP contribution in [0.3, 0.4) is 0 Å². The summed E-state index contributed by atoms with van der Waals surface area (Å²) in [6.45, 7) is 4.12. The number of hydrogen-bond acceptors (Lipinski definition) is 1. The van der Waals surface area contributed by atoms with E-state index in [1.165, 1.54) is 0 Å². The van der Waals surface area contributed by atoms with E-state index in [1.807, 2.05) is 29.0 Å². The molecule has 2 N–H and O–H groups in total. The second kappa shape index (κ2) is 4.81. The molecule has 0 spiro atoms. The molecule has 3 heteroatoms. The first-order valence-corrected chi connectivity index (χ1v) is 6.47. The van der Waals surface area contributed by atoms with E-state index < -0.39 is 11.4 Å². The monoisotopic (exact) mass is 254 g/mol. The van der Waals surface area contributed by atoms with Crippen LogP contribution in [0.15, 0.2) is 30.5 Å². The van der Waals surface area contributed by atoms with Gasteiger partial charge in [-0.25, -0.2) is 0 Å². The molecule has 0 saturated heterocycles. The van der Waals surface area contributed by atoms with Crippen LogP contribution in [-0.4, -0.2) is 10.5 Å². The van der Waals surface area contributed by atoms with E-state index in [4.69, 9.17) is 12.2 Å². The van der Waals surface area contributed by atoms with Crippen molar-refractivity contribution in [3.63, 3.8) is 0 Å². The van der Waals surface area contributed by atoms with Crippen molar-refractivity contribution in [3.05, 3.63) is 36.0 Å². The van der Waals surface area contributed by atoms with Crippen LogP contribution in [-0.2, 0) is 5.54 Å². The summed E-state index contributed by atoms with van der Waals surface area (Å²) in [5, 5.41) is 0.984. The minimum atomic E-state index is -0.427. The summed E-state index contributed by atoms with van der Waals surface area (Å²) < 4.78 is 2.02. The molecule has 0 aliphatic rings. The van der Waals surface area contributed by atoms with Crippen molar-refractivity contribution in [2.45, 2.75) is 32.2 Å². The number of carbonyl (C=O) groups is 1.